The molecule has 3 N–H and O–H groups in total. The summed E-state index contributed by atoms with van der Waals surface area (Å²) in [6, 6.07) is 0. The summed E-state index contributed by atoms with van der Waals surface area (Å²) in [4.78, 5) is 11.0. The number of aliphatic carboxylic acids is 1. The molecule has 0 aromatic heterocycles. The summed E-state index contributed by atoms with van der Waals surface area (Å²) in [7, 11) is 0. The van der Waals surface area contributed by atoms with Gasteiger partial charge >= 0.3 is 5.97 Å². The highest BCUT2D eigenvalue weighted by Gasteiger charge is 2.57. The fraction of sp³-hybridized carbons (Fsp3) is 0.958. The van der Waals surface area contributed by atoms with E-state index in [1.807, 2.05) is 0 Å². The Bertz CT molecular complexity index is 563. The van der Waals surface area contributed by atoms with Gasteiger partial charge in [0.15, 0.2) is 0 Å². The number of carboxylic acids is 1. The lowest BCUT2D eigenvalue weighted by Gasteiger charge is -2.58. The monoisotopic (exact) mass is 392 g/mol. The zero-order valence-electron chi connectivity index (χ0n) is 17.7. The summed E-state index contributed by atoms with van der Waals surface area (Å²) in [5, 5.41) is 30.8. The number of carbonyl (C=O) groups is 1. The maximum Gasteiger partial charge on any atom is 0.303 e. The third-order valence-electron chi connectivity index (χ3n) is 9.63. The van der Waals surface area contributed by atoms with Crippen LogP contribution in [0.1, 0.15) is 78.1 Å². The van der Waals surface area contributed by atoms with Crippen LogP contribution in [0.4, 0.5) is 0 Å². The largest absolute Gasteiger partial charge is 0.481 e. The van der Waals surface area contributed by atoms with Gasteiger partial charge in [0.2, 0.25) is 0 Å². The van der Waals surface area contributed by atoms with Gasteiger partial charge < -0.3 is 15.3 Å². The Morgan fingerprint density at radius 2 is 1.57 bits per heavy atom. The lowest BCUT2D eigenvalue weighted by molar-refractivity contribution is -0.151. The van der Waals surface area contributed by atoms with Gasteiger partial charge in [0.05, 0.1) is 12.2 Å². The molecule has 0 aromatic rings. The van der Waals surface area contributed by atoms with Gasteiger partial charge in [0.25, 0.3) is 0 Å². The van der Waals surface area contributed by atoms with Crippen LogP contribution in [0.2, 0.25) is 0 Å². The summed E-state index contributed by atoms with van der Waals surface area (Å²) in [5.74, 6) is 4.40. The van der Waals surface area contributed by atoms with E-state index in [2.05, 4.69) is 13.8 Å². The predicted molar refractivity (Wildman–Crippen MR) is 109 cm³/mol. The van der Waals surface area contributed by atoms with Crippen molar-refractivity contribution in [1.82, 2.24) is 0 Å². The summed E-state index contributed by atoms with van der Waals surface area (Å²) in [6.45, 7) is 4.48. The first-order chi connectivity index (χ1) is 13.4. The van der Waals surface area contributed by atoms with Crippen molar-refractivity contribution in [3.05, 3.63) is 0 Å². The third-order valence-corrected chi connectivity index (χ3v) is 9.63. The van der Waals surface area contributed by atoms with Crippen molar-refractivity contribution >= 4 is 5.97 Å². The van der Waals surface area contributed by atoms with Crippen LogP contribution in [-0.4, -0.2) is 33.5 Å². The molecule has 4 saturated carbocycles. The van der Waals surface area contributed by atoms with Gasteiger partial charge in [-0.05, 0) is 105 Å². The van der Waals surface area contributed by atoms with Crippen LogP contribution in [0.25, 0.3) is 0 Å². The number of hydrogen-bond donors (Lipinski definition) is 3. The molecule has 4 nitrogen and oxygen atoms in total. The van der Waals surface area contributed by atoms with Crippen molar-refractivity contribution < 1.29 is 20.1 Å². The molecule has 28 heavy (non-hydrogen) atoms. The van der Waals surface area contributed by atoms with E-state index in [1.165, 1.54) is 25.7 Å². The van der Waals surface area contributed by atoms with Crippen LogP contribution in [-0.2, 0) is 4.79 Å². The van der Waals surface area contributed by atoms with Crippen LogP contribution in [0.15, 0.2) is 0 Å². The van der Waals surface area contributed by atoms with E-state index in [4.69, 9.17) is 5.11 Å². The quantitative estimate of drug-likeness (QED) is 0.651. The first-order valence-corrected chi connectivity index (χ1v) is 12.0. The fourth-order valence-electron chi connectivity index (χ4n) is 8.52. The Morgan fingerprint density at radius 3 is 2.29 bits per heavy atom. The molecule has 0 aromatic carbocycles. The molecule has 7 unspecified atom stereocenters. The number of carboxylic acid groups (broad SMARTS) is 1. The Hall–Kier alpha value is -0.610. The number of hydrogen-bond acceptors (Lipinski definition) is 3. The molecule has 4 aliphatic rings. The molecule has 0 spiro atoms. The minimum absolute atomic E-state index is 0.165. The molecule has 0 saturated heterocycles. The lowest BCUT2D eigenvalue weighted by Crippen LogP contribution is -2.56. The average molecular weight is 393 g/mol. The molecule has 0 radical (unpaired) electrons. The van der Waals surface area contributed by atoms with Crippen molar-refractivity contribution in [3.8, 4) is 0 Å². The lowest BCUT2D eigenvalue weighted by atomic mass is 9.49. The first kappa shape index (κ1) is 20.7. The molecule has 4 rings (SSSR count). The minimum atomic E-state index is -0.677. The number of aliphatic hydroxyl groups excluding tert-OH is 2. The van der Waals surface area contributed by atoms with Gasteiger partial charge in [0, 0.05) is 6.42 Å². The smallest absolute Gasteiger partial charge is 0.303 e. The second kappa shape index (κ2) is 8.26. The van der Waals surface area contributed by atoms with Crippen molar-refractivity contribution in [2.75, 3.05) is 0 Å². The van der Waals surface area contributed by atoms with Crippen molar-refractivity contribution in [2.45, 2.75) is 90.3 Å². The average Bonchev–Trinajstić information content (AvgIpc) is 3.10. The second-order valence-electron chi connectivity index (χ2n) is 10.7. The van der Waals surface area contributed by atoms with Gasteiger partial charge in [0.1, 0.15) is 0 Å². The van der Waals surface area contributed by atoms with E-state index < -0.39 is 5.97 Å². The summed E-state index contributed by atoms with van der Waals surface area (Å²) in [5.41, 5.74) is 0. The molecule has 160 valence electrons. The topological polar surface area (TPSA) is 77.8 Å². The van der Waals surface area contributed by atoms with E-state index in [9.17, 15) is 15.0 Å². The zero-order chi connectivity index (χ0) is 20.0. The SMILES string of the molecule is CC[C@@H]1C2C[C@H](O)CCC2C2CCC3C(CC[C@@H]3C(C)CCC(=O)O)C2[C@H]1O. The van der Waals surface area contributed by atoms with Gasteiger partial charge in [-0.2, -0.15) is 0 Å². The molecule has 0 aliphatic heterocycles. The number of fused-ring (bicyclic) bond motifs is 5. The second-order valence-corrected chi connectivity index (χ2v) is 10.7. The fourth-order valence-corrected chi connectivity index (χ4v) is 8.52. The van der Waals surface area contributed by atoms with Crippen LogP contribution in [0.5, 0.6) is 0 Å². The predicted octanol–water partition coefficient (Wildman–Crippen LogP) is 4.33. The number of rotatable bonds is 5. The van der Waals surface area contributed by atoms with Crippen molar-refractivity contribution in [1.29, 1.82) is 0 Å². The van der Waals surface area contributed by atoms with Crippen molar-refractivity contribution in [2.24, 2.45) is 53.3 Å². The number of aliphatic hydroxyl groups is 2. The summed E-state index contributed by atoms with van der Waals surface area (Å²) < 4.78 is 0. The highest BCUT2D eigenvalue weighted by molar-refractivity contribution is 5.66. The Labute approximate surface area is 170 Å². The molecule has 4 fully saturated rings. The van der Waals surface area contributed by atoms with Gasteiger partial charge in [-0.3, -0.25) is 4.79 Å². The molecular weight excluding hydrogens is 352 g/mol. The van der Waals surface area contributed by atoms with E-state index in [0.29, 0.717) is 53.3 Å². The van der Waals surface area contributed by atoms with Crippen LogP contribution in [0, 0.1) is 53.3 Å². The van der Waals surface area contributed by atoms with E-state index in [0.717, 1.165) is 32.1 Å². The molecule has 0 heterocycles. The van der Waals surface area contributed by atoms with Crippen molar-refractivity contribution in [3.63, 3.8) is 0 Å². The standard InChI is InChI=1S/C24H40O4/c1-3-15-21-12-14(25)5-6-18(21)20-10-8-17-16(13(2)4-11-22(26)27)7-9-19(17)23(20)24(15)28/h13-21,23-25,28H,3-12H2,1-2H3,(H,26,27)/t13?,14-,15-,16-,17?,18?,19?,20?,21?,23?,24+/m1/s1. The van der Waals surface area contributed by atoms with E-state index in [-0.39, 0.29) is 18.6 Å². The van der Waals surface area contributed by atoms with Gasteiger partial charge in [-0.15, -0.1) is 0 Å². The summed E-state index contributed by atoms with van der Waals surface area (Å²) in [6.07, 6.45) is 9.66. The molecule has 0 amide bonds. The Balaban J connectivity index is 1.52. The molecule has 0 bridgehead atoms. The van der Waals surface area contributed by atoms with E-state index in [1.54, 1.807) is 0 Å². The van der Waals surface area contributed by atoms with Crippen LogP contribution in [0.3, 0.4) is 0 Å². The van der Waals surface area contributed by atoms with Crippen LogP contribution >= 0.6 is 0 Å². The Kier molecular flexibility index (Phi) is 6.09. The first-order valence-electron chi connectivity index (χ1n) is 12.0. The Morgan fingerprint density at radius 1 is 0.929 bits per heavy atom. The zero-order valence-corrected chi connectivity index (χ0v) is 17.7. The highest BCUT2D eigenvalue weighted by Crippen LogP contribution is 2.61. The molecular formula is C24H40O4. The third kappa shape index (κ3) is 3.53. The molecule has 11 atom stereocenters. The van der Waals surface area contributed by atoms with Gasteiger partial charge in [-0.1, -0.05) is 20.3 Å². The molecule has 4 aliphatic carbocycles. The highest BCUT2D eigenvalue weighted by atomic mass is 16.4. The molecule has 4 heteroatoms. The summed E-state index contributed by atoms with van der Waals surface area (Å²) >= 11 is 0. The maximum absolute atomic E-state index is 11.5. The normalized spacial score (nSPS) is 49.0. The maximum atomic E-state index is 11.5. The minimum Gasteiger partial charge on any atom is -0.481 e. The van der Waals surface area contributed by atoms with Gasteiger partial charge in [-0.25, -0.2) is 0 Å². The van der Waals surface area contributed by atoms with E-state index >= 15 is 0 Å². The van der Waals surface area contributed by atoms with Crippen LogP contribution < -0.4 is 0 Å².